The highest BCUT2D eigenvalue weighted by Crippen LogP contribution is 2.35. The molecule has 3 atom stereocenters. The highest BCUT2D eigenvalue weighted by Gasteiger charge is 2.42. The molecule has 2 rings (SSSR count). The maximum Gasteiger partial charge on any atom is 0.408 e. The molecule has 0 aromatic heterocycles. The van der Waals surface area contributed by atoms with Gasteiger partial charge < -0.3 is 20.3 Å². The van der Waals surface area contributed by atoms with Crippen LogP contribution in [0.4, 0.5) is 4.79 Å². The number of nitrogens with one attached hydrogen (secondary N) is 2. The maximum atomic E-state index is 14.3. The zero-order chi connectivity index (χ0) is 27.8. The van der Waals surface area contributed by atoms with Gasteiger partial charge in [-0.25, -0.2) is 4.79 Å². The molecule has 0 bridgehead atoms. The van der Waals surface area contributed by atoms with Gasteiger partial charge in [0.05, 0.1) is 0 Å². The van der Waals surface area contributed by atoms with Crippen LogP contribution >= 0.6 is 0 Å². The van der Waals surface area contributed by atoms with Gasteiger partial charge in [-0.3, -0.25) is 9.59 Å². The number of carbonyl (C=O) groups excluding carboxylic acids is 3. The molecule has 2 N–H and O–H groups in total. The summed E-state index contributed by atoms with van der Waals surface area (Å²) in [5.74, 6) is 2.26. The molecule has 1 aliphatic rings. The highest BCUT2D eigenvalue weighted by molar-refractivity contribution is 5.93. The molecule has 1 fully saturated rings. The Balaban J connectivity index is 2.54. The van der Waals surface area contributed by atoms with Crippen LogP contribution in [0, 0.1) is 18.3 Å². The highest BCUT2D eigenvalue weighted by atomic mass is 16.6. The number of terminal acetylenes is 1. The fourth-order valence-electron chi connectivity index (χ4n) is 4.62. The van der Waals surface area contributed by atoms with E-state index in [-0.39, 0.29) is 29.8 Å². The number of rotatable bonds is 11. The molecule has 1 aliphatic carbocycles. The van der Waals surface area contributed by atoms with Crippen LogP contribution in [0.1, 0.15) is 104 Å². The first-order valence-electron chi connectivity index (χ1n) is 13.6. The average Bonchev–Trinajstić information content (AvgIpc) is 2.75. The molecule has 0 heterocycles. The fraction of sp³-hybridized carbons (Fsp3) is 0.633. The van der Waals surface area contributed by atoms with Crippen molar-refractivity contribution in [2.45, 2.75) is 117 Å². The Bertz CT molecular complexity index is 972. The van der Waals surface area contributed by atoms with E-state index in [4.69, 9.17) is 11.2 Å². The summed E-state index contributed by atoms with van der Waals surface area (Å²) in [5, 5.41) is 5.91. The number of benzene rings is 1. The van der Waals surface area contributed by atoms with Gasteiger partial charge in [0.25, 0.3) is 0 Å². The first kappa shape index (κ1) is 30.2. The molecule has 0 radical (unpaired) electrons. The lowest BCUT2D eigenvalue weighted by atomic mass is 9.86. The predicted octanol–water partition coefficient (Wildman–Crippen LogP) is 5.33. The second kappa shape index (κ2) is 13.5. The zero-order valence-corrected chi connectivity index (χ0v) is 23.6. The van der Waals surface area contributed by atoms with Crippen molar-refractivity contribution in [3.63, 3.8) is 0 Å². The van der Waals surface area contributed by atoms with E-state index in [2.05, 4.69) is 23.5 Å². The molecule has 7 nitrogen and oxygen atoms in total. The lowest BCUT2D eigenvalue weighted by Crippen LogP contribution is -2.58. The Kier molecular flexibility index (Phi) is 11.0. The molecule has 3 unspecified atom stereocenters. The third-order valence-corrected chi connectivity index (χ3v) is 6.47. The Hall–Kier alpha value is -3.01. The number of nitrogens with zero attached hydrogens (tertiary/aromatic N) is 1. The summed E-state index contributed by atoms with van der Waals surface area (Å²) in [6.07, 6.45) is 9.89. The fourth-order valence-corrected chi connectivity index (χ4v) is 4.62. The van der Waals surface area contributed by atoms with Crippen molar-refractivity contribution in [3.8, 4) is 12.3 Å². The summed E-state index contributed by atoms with van der Waals surface area (Å²) in [5.41, 5.74) is 0.489. The Labute approximate surface area is 223 Å². The molecule has 0 saturated heterocycles. The van der Waals surface area contributed by atoms with E-state index in [0.717, 1.165) is 32.1 Å². The molecule has 1 saturated carbocycles. The molecular formula is C30H45N3O4. The molecule has 1 aromatic carbocycles. The minimum absolute atomic E-state index is 0.0531. The van der Waals surface area contributed by atoms with Crippen LogP contribution in [0.25, 0.3) is 0 Å². The van der Waals surface area contributed by atoms with Crippen molar-refractivity contribution in [3.05, 3.63) is 35.4 Å². The quantitative estimate of drug-likeness (QED) is 0.393. The predicted molar refractivity (Wildman–Crippen MR) is 147 cm³/mol. The number of hydrogen-bond donors (Lipinski definition) is 2. The number of alkyl carbamates (subject to hydrolysis) is 1. The second-order valence-corrected chi connectivity index (χ2v) is 11.5. The second-order valence-electron chi connectivity index (χ2n) is 11.5. The Morgan fingerprint density at radius 2 is 1.78 bits per heavy atom. The van der Waals surface area contributed by atoms with E-state index in [0.29, 0.717) is 17.5 Å². The van der Waals surface area contributed by atoms with E-state index in [9.17, 15) is 14.4 Å². The van der Waals surface area contributed by atoms with Gasteiger partial charge in [-0.15, -0.1) is 6.42 Å². The third-order valence-electron chi connectivity index (χ3n) is 6.47. The van der Waals surface area contributed by atoms with Gasteiger partial charge in [-0.05, 0) is 77.3 Å². The zero-order valence-electron chi connectivity index (χ0n) is 23.6. The summed E-state index contributed by atoms with van der Waals surface area (Å²) in [7, 11) is 0. The van der Waals surface area contributed by atoms with Crippen molar-refractivity contribution >= 4 is 17.9 Å². The average molecular weight is 512 g/mol. The largest absolute Gasteiger partial charge is 0.444 e. The van der Waals surface area contributed by atoms with Gasteiger partial charge >= 0.3 is 6.09 Å². The molecule has 1 aromatic rings. The van der Waals surface area contributed by atoms with E-state index < -0.39 is 23.8 Å². The number of hydrogen-bond acceptors (Lipinski definition) is 4. The Morgan fingerprint density at radius 3 is 2.30 bits per heavy atom. The van der Waals surface area contributed by atoms with Gasteiger partial charge in [0, 0.05) is 17.6 Å². The Morgan fingerprint density at radius 1 is 1.14 bits per heavy atom. The molecule has 0 spiro atoms. The van der Waals surface area contributed by atoms with Crippen LogP contribution in [0.15, 0.2) is 24.3 Å². The molecular weight excluding hydrogens is 466 g/mol. The monoisotopic (exact) mass is 511 g/mol. The van der Waals surface area contributed by atoms with E-state index in [1.54, 1.807) is 31.7 Å². The van der Waals surface area contributed by atoms with Gasteiger partial charge in [0.1, 0.15) is 17.7 Å². The maximum absolute atomic E-state index is 14.3. The topological polar surface area (TPSA) is 87.7 Å². The number of amides is 3. The van der Waals surface area contributed by atoms with E-state index in [1.165, 1.54) is 0 Å². The van der Waals surface area contributed by atoms with Crippen LogP contribution in [0.5, 0.6) is 0 Å². The standard InChI is InChI=1S/C30H45N3O4/c1-9-14-21(5)31-27(34)26(24-18-12-11-15-22(24)10-2)33(23-16-13-17-23)28(35)25(19-20(3)4)32-29(36)37-30(6,7)8/h2,11-12,15,18,20-21,23,25-26H,9,13-14,16-17,19H2,1,3-8H3,(H,31,34)(H,32,36). The van der Waals surface area contributed by atoms with Gasteiger partial charge in [0.2, 0.25) is 11.8 Å². The summed E-state index contributed by atoms with van der Waals surface area (Å²) >= 11 is 0. The summed E-state index contributed by atoms with van der Waals surface area (Å²) in [6.45, 7) is 13.4. The first-order chi connectivity index (χ1) is 17.4. The van der Waals surface area contributed by atoms with Crippen LogP contribution < -0.4 is 10.6 Å². The van der Waals surface area contributed by atoms with Crippen molar-refractivity contribution in [2.75, 3.05) is 0 Å². The van der Waals surface area contributed by atoms with Gasteiger partial charge in [-0.1, -0.05) is 51.3 Å². The van der Waals surface area contributed by atoms with Crippen molar-refractivity contribution in [1.29, 1.82) is 0 Å². The van der Waals surface area contributed by atoms with Crippen LogP contribution in [-0.4, -0.2) is 46.5 Å². The lowest BCUT2D eigenvalue weighted by Gasteiger charge is -2.44. The van der Waals surface area contributed by atoms with Crippen LogP contribution in [0.3, 0.4) is 0 Å². The van der Waals surface area contributed by atoms with Crippen LogP contribution in [0.2, 0.25) is 0 Å². The van der Waals surface area contributed by atoms with Crippen molar-refractivity contribution < 1.29 is 19.1 Å². The molecule has 204 valence electrons. The molecule has 7 heteroatoms. The molecule has 0 aliphatic heterocycles. The van der Waals surface area contributed by atoms with Crippen molar-refractivity contribution in [2.24, 2.45) is 5.92 Å². The number of ether oxygens (including phenoxy) is 1. The number of carbonyl (C=O) groups is 3. The third kappa shape index (κ3) is 8.80. The van der Waals surface area contributed by atoms with Crippen LogP contribution in [-0.2, 0) is 14.3 Å². The first-order valence-corrected chi connectivity index (χ1v) is 13.6. The minimum Gasteiger partial charge on any atom is -0.444 e. The van der Waals surface area contributed by atoms with Crippen molar-refractivity contribution in [1.82, 2.24) is 15.5 Å². The summed E-state index contributed by atoms with van der Waals surface area (Å²) in [4.78, 5) is 42.5. The minimum atomic E-state index is -0.903. The SMILES string of the molecule is C#Cc1ccccc1C(C(=O)NC(C)CCC)N(C(=O)C(CC(C)C)NC(=O)OC(C)(C)C)C1CCC1. The summed E-state index contributed by atoms with van der Waals surface area (Å²) < 4.78 is 5.46. The molecule has 37 heavy (non-hydrogen) atoms. The normalized spacial score (nSPS) is 16.1. The van der Waals surface area contributed by atoms with E-state index in [1.807, 2.05) is 39.0 Å². The smallest absolute Gasteiger partial charge is 0.408 e. The molecule has 3 amide bonds. The van der Waals surface area contributed by atoms with E-state index >= 15 is 0 Å². The van der Waals surface area contributed by atoms with Gasteiger partial charge in [-0.2, -0.15) is 0 Å². The summed E-state index contributed by atoms with van der Waals surface area (Å²) in [6, 6.07) is 5.36. The van der Waals surface area contributed by atoms with Gasteiger partial charge in [0.15, 0.2) is 0 Å². The lowest BCUT2D eigenvalue weighted by molar-refractivity contribution is -0.148.